The zero-order valence-corrected chi connectivity index (χ0v) is 13.1. The topological polar surface area (TPSA) is 32.3 Å². The average Bonchev–Trinajstić information content (AvgIpc) is 2.94. The summed E-state index contributed by atoms with van der Waals surface area (Å²) in [7, 11) is 0. The fourth-order valence-electron chi connectivity index (χ4n) is 2.97. The van der Waals surface area contributed by atoms with Gasteiger partial charge in [-0.25, -0.2) is 0 Å². The summed E-state index contributed by atoms with van der Waals surface area (Å²) in [6.45, 7) is 10.2. The number of amides is 1. The second-order valence-corrected chi connectivity index (χ2v) is 6.00. The van der Waals surface area contributed by atoms with Gasteiger partial charge in [-0.3, -0.25) is 10.1 Å². The molecule has 1 aromatic carbocycles. The van der Waals surface area contributed by atoms with Gasteiger partial charge in [-0.05, 0) is 51.7 Å². The highest BCUT2D eigenvalue weighted by atomic mass is 16.2. The van der Waals surface area contributed by atoms with Gasteiger partial charge in [0.25, 0.3) is 0 Å². The number of hydrogen-bond donors (Lipinski definition) is 1. The van der Waals surface area contributed by atoms with E-state index in [0.29, 0.717) is 0 Å². The quantitative estimate of drug-likeness (QED) is 0.915. The fourth-order valence-corrected chi connectivity index (χ4v) is 2.97. The molecule has 110 valence electrons. The normalized spacial score (nSPS) is 18.1. The third-order valence-electron chi connectivity index (χ3n) is 4.19. The van der Waals surface area contributed by atoms with Crippen LogP contribution in [0.4, 0.5) is 0 Å². The summed E-state index contributed by atoms with van der Waals surface area (Å²) in [6.07, 6.45) is 2.29. The lowest BCUT2D eigenvalue weighted by molar-refractivity contribution is -0.132. The van der Waals surface area contributed by atoms with E-state index in [1.54, 1.807) is 0 Å². The molecule has 1 aromatic rings. The standard InChI is InChI=1S/C17H26N2O/c1-12-7-8-13(2)16(11-12)14(3)18-15(4)17(20)19-9-5-6-10-19/h7-8,11,14-15,18H,5-6,9-10H2,1-4H3. The van der Waals surface area contributed by atoms with Crippen LogP contribution in [0.1, 0.15) is 49.4 Å². The second-order valence-electron chi connectivity index (χ2n) is 6.00. The summed E-state index contributed by atoms with van der Waals surface area (Å²) in [5.74, 6) is 0.236. The SMILES string of the molecule is Cc1ccc(C)c(C(C)NC(C)C(=O)N2CCCC2)c1. The van der Waals surface area contributed by atoms with Gasteiger partial charge in [0.05, 0.1) is 6.04 Å². The number of carbonyl (C=O) groups excluding carboxylic acids is 1. The molecule has 3 nitrogen and oxygen atoms in total. The molecule has 0 spiro atoms. The fraction of sp³-hybridized carbons (Fsp3) is 0.588. The molecule has 1 N–H and O–H groups in total. The minimum atomic E-state index is -0.122. The van der Waals surface area contributed by atoms with Crippen LogP contribution < -0.4 is 5.32 Å². The Morgan fingerprint density at radius 3 is 2.50 bits per heavy atom. The summed E-state index contributed by atoms with van der Waals surface area (Å²) in [5, 5.41) is 3.45. The summed E-state index contributed by atoms with van der Waals surface area (Å²) >= 11 is 0. The van der Waals surface area contributed by atoms with Crippen LogP contribution in [0.3, 0.4) is 0 Å². The molecule has 2 rings (SSSR count). The molecule has 1 saturated heterocycles. The number of rotatable bonds is 4. The van der Waals surface area contributed by atoms with E-state index in [2.05, 4.69) is 44.3 Å². The van der Waals surface area contributed by atoms with Crippen LogP contribution in [0.25, 0.3) is 0 Å². The number of likely N-dealkylation sites (tertiary alicyclic amines) is 1. The van der Waals surface area contributed by atoms with Crippen molar-refractivity contribution < 1.29 is 4.79 Å². The lowest BCUT2D eigenvalue weighted by Crippen LogP contribution is -2.44. The largest absolute Gasteiger partial charge is 0.341 e. The minimum absolute atomic E-state index is 0.122. The van der Waals surface area contributed by atoms with E-state index in [1.807, 2.05) is 11.8 Å². The molecule has 0 aliphatic carbocycles. The van der Waals surface area contributed by atoms with Gasteiger partial charge in [0.2, 0.25) is 5.91 Å². The summed E-state index contributed by atoms with van der Waals surface area (Å²) in [5.41, 5.74) is 3.82. The highest BCUT2D eigenvalue weighted by Crippen LogP contribution is 2.20. The molecule has 1 fully saturated rings. The minimum Gasteiger partial charge on any atom is -0.341 e. The van der Waals surface area contributed by atoms with Crippen molar-refractivity contribution in [2.45, 2.75) is 52.6 Å². The zero-order valence-electron chi connectivity index (χ0n) is 13.1. The summed E-state index contributed by atoms with van der Waals surface area (Å²) < 4.78 is 0. The Labute approximate surface area is 122 Å². The first-order valence-corrected chi connectivity index (χ1v) is 7.61. The van der Waals surface area contributed by atoms with Crippen molar-refractivity contribution in [2.75, 3.05) is 13.1 Å². The Morgan fingerprint density at radius 2 is 1.85 bits per heavy atom. The molecule has 2 atom stereocenters. The molecule has 0 bridgehead atoms. The van der Waals surface area contributed by atoms with Gasteiger partial charge >= 0.3 is 0 Å². The highest BCUT2D eigenvalue weighted by Gasteiger charge is 2.24. The van der Waals surface area contributed by atoms with Gasteiger partial charge in [-0.2, -0.15) is 0 Å². The van der Waals surface area contributed by atoms with Crippen LogP contribution >= 0.6 is 0 Å². The van der Waals surface area contributed by atoms with Gasteiger partial charge in [0.15, 0.2) is 0 Å². The predicted octanol–water partition coefficient (Wildman–Crippen LogP) is 2.96. The number of benzene rings is 1. The molecule has 0 radical (unpaired) electrons. The zero-order chi connectivity index (χ0) is 14.7. The molecule has 20 heavy (non-hydrogen) atoms. The Kier molecular flexibility index (Phi) is 4.81. The van der Waals surface area contributed by atoms with E-state index in [9.17, 15) is 4.79 Å². The van der Waals surface area contributed by atoms with E-state index >= 15 is 0 Å². The first kappa shape index (κ1) is 15.0. The number of carbonyl (C=O) groups is 1. The number of nitrogens with zero attached hydrogens (tertiary/aromatic N) is 1. The second kappa shape index (κ2) is 6.40. The van der Waals surface area contributed by atoms with Gasteiger partial charge in [0.1, 0.15) is 0 Å². The molecule has 0 saturated carbocycles. The molecule has 1 aliphatic heterocycles. The molecule has 1 amide bonds. The van der Waals surface area contributed by atoms with Crippen molar-refractivity contribution in [3.8, 4) is 0 Å². The van der Waals surface area contributed by atoms with E-state index in [4.69, 9.17) is 0 Å². The Bertz CT molecular complexity index is 478. The molecule has 1 aliphatic rings. The average molecular weight is 274 g/mol. The van der Waals surface area contributed by atoms with Crippen LogP contribution in [-0.4, -0.2) is 29.9 Å². The van der Waals surface area contributed by atoms with Gasteiger partial charge < -0.3 is 4.90 Å². The molecule has 3 heteroatoms. The van der Waals surface area contributed by atoms with E-state index in [-0.39, 0.29) is 18.0 Å². The Morgan fingerprint density at radius 1 is 1.20 bits per heavy atom. The first-order valence-electron chi connectivity index (χ1n) is 7.61. The van der Waals surface area contributed by atoms with Crippen molar-refractivity contribution in [2.24, 2.45) is 0 Å². The van der Waals surface area contributed by atoms with E-state index in [0.717, 1.165) is 25.9 Å². The smallest absolute Gasteiger partial charge is 0.239 e. The van der Waals surface area contributed by atoms with Crippen molar-refractivity contribution in [3.05, 3.63) is 34.9 Å². The lowest BCUT2D eigenvalue weighted by atomic mass is 9.99. The van der Waals surface area contributed by atoms with Crippen LogP contribution in [-0.2, 0) is 4.79 Å². The van der Waals surface area contributed by atoms with Gasteiger partial charge in [-0.1, -0.05) is 23.8 Å². The molecule has 2 unspecified atom stereocenters. The maximum atomic E-state index is 12.3. The monoisotopic (exact) mass is 274 g/mol. The third-order valence-corrected chi connectivity index (χ3v) is 4.19. The van der Waals surface area contributed by atoms with Crippen LogP contribution in [0.5, 0.6) is 0 Å². The van der Waals surface area contributed by atoms with Crippen molar-refractivity contribution in [1.29, 1.82) is 0 Å². The first-order chi connectivity index (χ1) is 9.49. The Hall–Kier alpha value is -1.35. The molecule has 0 aromatic heterocycles. The van der Waals surface area contributed by atoms with Crippen LogP contribution in [0, 0.1) is 13.8 Å². The maximum Gasteiger partial charge on any atom is 0.239 e. The number of nitrogens with one attached hydrogen (secondary N) is 1. The maximum absolute atomic E-state index is 12.3. The lowest BCUT2D eigenvalue weighted by Gasteiger charge is -2.25. The molecular formula is C17H26N2O. The Balaban J connectivity index is 2.01. The van der Waals surface area contributed by atoms with Crippen molar-refractivity contribution in [1.82, 2.24) is 10.2 Å². The van der Waals surface area contributed by atoms with Crippen molar-refractivity contribution in [3.63, 3.8) is 0 Å². The van der Waals surface area contributed by atoms with E-state index < -0.39 is 0 Å². The van der Waals surface area contributed by atoms with Crippen LogP contribution in [0.15, 0.2) is 18.2 Å². The van der Waals surface area contributed by atoms with Gasteiger partial charge in [0, 0.05) is 19.1 Å². The predicted molar refractivity (Wildman–Crippen MR) is 82.7 cm³/mol. The van der Waals surface area contributed by atoms with E-state index in [1.165, 1.54) is 16.7 Å². The summed E-state index contributed by atoms with van der Waals surface area (Å²) in [4.78, 5) is 14.3. The summed E-state index contributed by atoms with van der Waals surface area (Å²) in [6, 6.07) is 6.56. The highest BCUT2D eigenvalue weighted by molar-refractivity contribution is 5.81. The number of hydrogen-bond acceptors (Lipinski definition) is 2. The van der Waals surface area contributed by atoms with Crippen LogP contribution in [0.2, 0.25) is 0 Å². The third kappa shape index (κ3) is 3.40. The molecule has 1 heterocycles. The van der Waals surface area contributed by atoms with Gasteiger partial charge in [-0.15, -0.1) is 0 Å². The number of aryl methyl sites for hydroxylation is 2. The van der Waals surface area contributed by atoms with Crippen molar-refractivity contribution >= 4 is 5.91 Å². The molecular weight excluding hydrogens is 248 g/mol.